The third kappa shape index (κ3) is 2.60. The minimum Gasteiger partial charge on any atom is -0.497 e. The first-order valence-electron chi connectivity index (χ1n) is 5.29. The maximum absolute atomic E-state index is 5.59. The number of hydrogen-bond donors (Lipinski definition) is 2. The van der Waals surface area contributed by atoms with Gasteiger partial charge >= 0.3 is 0 Å². The number of methoxy groups -OCH3 is 2. The Hall–Kier alpha value is -2.50. The third-order valence-corrected chi connectivity index (χ3v) is 2.36. The molecule has 0 saturated carbocycles. The van der Waals surface area contributed by atoms with Crippen molar-refractivity contribution in [2.24, 2.45) is 0 Å². The molecule has 0 fully saturated rings. The summed E-state index contributed by atoms with van der Waals surface area (Å²) in [7, 11) is 3.20. The molecule has 1 heterocycles. The van der Waals surface area contributed by atoms with Crippen molar-refractivity contribution in [3.05, 3.63) is 30.6 Å². The van der Waals surface area contributed by atoms with Crippen LogP contribution in [0.4, 0.5) is 17.3 Å². The molecule has 6 heteroatoms. The molecule has 0 spiro atoms. The summed E-state index contributed by atoms with van der Waals surface area (Å²) in [6, 6.07) is 7.08. The van der Waals surface area contributed by atoms with Crippen molar-refractivity contribution >= 4 is 17.3 Å². The Kier molecular flexibility index (Phi) is 3.47. The summed E-state index contributed by atoms with van der Waals surface area (Å²) in [5, 5.41) is 3.10. The SMILES string of the molecule is COc1ccc(OC)c(Nc2cc(N)ncn2)c1. The zero-order valence-electron chi connectivity index (χ0n) is 10.2. The number of ether oxygens (including phenoxy) is 2. The Bertz CT molecular complexity index is 545. The predicted octanol–water partition coefficient (Wildman–Crippen LogP) is 1.82. The highest BCUT2D eigenvalue weighted by Gasteiger charge is 2.06. The summed E-state index contributed by atoms with van der Waals surface area (Å²) in [4.78, 5) is 7.90. The maximum atomic E-state index is 5.59. The predicted molar refractivity (Wildman–Crippen MR) is 69.3 cm³/mol. The maximum Gasteiger partial charge on any atom is 0.142 e. The Morgan fingerprint density at radius 2 is 1.94 bits per heavy atom. The quantitative estimate of drug-likeness (QED) is 0.856. The summed E-state index contributed by atoms with van der Waals surface area (Å²) in [5.41, 5.74) is 6.34. The summed E-state index contributed by atoms with van der Waals surface area (Å²) in [6.07, 6.45) is 1.39. The lowest BCUT2D eigenvalue weighted by Crippen LogP contribution is -1.99. The number of nitrogens with two attached hydrogens (primary N) is 1. The molecule has 0 aliphatic heterocycles. The van der Waals surface area contributed by atoms with Gasteiger partial charge in [-0.15, -0.1) is 0 Å². The Morgan fingerprint density at radius 1 is 1.11 bits per heavy atom. The average Bonchev–Trinajstić information content (AvgIpc) is 2.38. The topological polar surface area (TPSA) is 82.3 Å². The Balaban J connectivity index is 2.32. The number of hydrogen-bond acceptors (Lipinski definition) is 6. The van der Waals surface area contributed by atoms with Crippen LogP contribution in [0.15, 0.2) is 30.6 Å². The van der Waals surface area contributed by atoms with Gasteiger partial charge in [-0.2, -0.15) is 0 Å². The third-order valence-electron chi connectivity index (χ3n) is 2.36. The van der Waals surface area contributed by atoms with Gasteiger partial charge in [0.05, 0.1) is 19.9 Å². The lowest BCUT2D eigenvalue weighted by atomic mass is 10.2. The first-order valence-corrected chi connectivity index (χ1v) is 5.29. The van der Waals surface area contributed by atoms with Gasteiger partial charge in [0.1, 0.15) is 29.5 Å². The Morgan fingerprint density at radius 3 is 2.61 bits per heavy atom. The highest BCUT2D eigenvalue weighted by molar-refractivity contribution is 5.67. The number of benzene rings is 1. The molecule has 18 heavy (non-hydrogen) atoms. The van der Waals surface area contributed by atoms with Crippen molar-refractivity contribution < 1.29 is 9.47 Å². The van der Waals surface area contributed by atoms with Crippen molar-refractivity contribution in [1.82, 2.24) is 9.97 Å². The fourth-order valence-corrected chi connectivity index (χ4v) is 1.49. The van der Waals surface area contributed by atoms with Gasteiger partial charge in [0.2, 0.25) is 0 Å². The van der Waals surface area contributed by atoms with Crippen LogP contribution in [-0.2, 0) is 0 Å². The number of nitrogens with one attached hydrogen (secondary N) is 1. The van der Waals surface area contributed by atoms with Gasteiger partial charge in [0.25, 0.3) is 0 Å². The van der Waals surface area contributed by atoms with E-state index < -0.39 is 0 Å². The van der Waals surface area contributed by atoms with Crippen molar-refractivity contribution in [1.29, 1.82) is 0 Å². The molecule has 0 bridgehead atoms. The monoisotopic (exact) mass is 246 g/mol. The van der Waals surface area contributed by atoms with E-state index >= 15 is 0 Å². The molecule has 0 atom stereocenters. The van der Waals surface area contributed by atoms with E-state index in [-0.39, 0.29) is 0 Å². The summed E-state index contributed by atoms with van der Waals surface area (Å²) in [6.45, 7) is 0. The molecule has 0 unspecified atom stereocenters. The van der Waals surface area contributed by atoms with Crippen LogP contribution >= 0.6 is 0 Å². The number of nitrogens with zero attached hydrogens (tertiary/aromatic N) is 2. The highest BCUT2D eigenvalue weighted by Crippen LogP contribution is 2.30. The van der Waals surface area contributed by atoms with E-state index in [1.807, 2.05) is 18.2 Å². The lowest BCUT2D eigenvalue weighted by molar-refractivity contribution is 0.405. The minimum atomic E-state index is 0.398. The first kappa shape index (κ1) is 12.0. The second-order valence-electron chi connectivity index (χ2n) is 3.52. The number of rotatable bonds is 4. The molecular formula is C12H14N4O2. The zero-order chi connectivity index (χ0) is 13.0. The molecule has 0 radical (unpaired) electrons. The number of anilines is 3. The summed E-state index contributed by atoms with van der Waals surface area (Å²) < 4.78 is 10.4. The Labute approximate surface area is 105 Å². The van der Waals surface area contributed by atoms with E-state index in [4.69, 9.17) is 15.2 Å². The van der Waals surface area contributed by atoms with Crippen LogP contribution in [0.25, 0.3) is 0 Å². The van der Waals surface area contributed by atoms with Crippen LogP contribution in [0, 0.1) is 0 Å². The van der Waals surface area contributed by atoms with Crippen molar-refractivity contribution in [2.75, 3.05) is 25.3 Å². The highest BCUT2D eigenvalue weighted by atomic mass is 16.5. The molecule has 0 aliphatic rings. The lowest BCUT2D eigenvalue weighted by Gasteiger charge is -2.12. The number of nitrogen functional groups attached to an aromatic ring is 1. The van der Waals surface area contributed by atoms with Gasteiger partial charge in [-0.25, -0.2) is 9.97 Å². The first-order chi connectivity index (χ1) is 8.72. The van der Waals surface area contributed by atoms with E-state index in [1.54, 1.807) is 20.3 Å². The summed E-state index contributed by atoms with van der Waals surface area (Å²) in [5.74, 6) is 2.40. The summed E-state index contributed by atoms with van der Waals surface area (Å²) >= 11 is 0. The van der Waals surface area contributed by atoms with Crippen LogP contribution < -0.4 is 20.5 Å². The molecule has 6 nitrogen and oxygen atoms in total. The molecule has 2 rings (SSSR count). The van der Waals surface area contributed by atoms with E-state index in [0.717, 1.165) is 11.4 Å². The van der Waals surface area contributed by atoms with E-state index in [2.05, 4.69) is 15.3 Å². The molecule has 1 aromatic heterocycles. The molecular weight excluding hydrogens is 232 g/mol. The zero-order valence-corrected chi connectivity index (χ0v) is 10.2. The average molecular weight is 246 g/mol. The fourth-order valence-electron chi connectivity index (χ4n) is 1.49. The second kappa shape index (κ2) is 5.22. The van der Waals surface area contributed by atoms with Gasteiger partial charge in [-0.3, -0.25) is 0 Å². The van der Waals surface area contributed by atoms with E-state index in [9.17, 15) is 0 Å². The van der Waals surface area contributed by atoms with Crippen LogP contribution in [0.3, 0.4) is 0 Å². The smallest absolute Gasteiger partial charge is 0.142 e. The largest absolute Gasteiger partial charge is 0.497 e. The van der Waals surface area contributed by atoms with Gasteiger partial charge in [0.15, 0.2) is 0 Å². The van der Waals surface area contributed by atoms with Crippen LogP contribution in [0.2, 0.25) is 0 Å². The fraction of sp³-hybridized carbons (Fsp3) is 0.167. The van der Waals surface area contributed by atoms with Gasteiger partial charge in [-0.1, -0.05) is 0 Å². The molecule has 3 N–H and O–H groups in total. The van der Waals surface area contributed by atoms with Gasteiger partial charge in [0, 0.05) is 12.1 Å². The van der Waals surface area contributed by atoms with Crippen LogP contribution in [0.5, 0.6) is 11.5 Å². The minimum absolute atomic E-state index is 0.398. The van der Waals surface area contributed by atoms with Crippen molar-refractivity contribution in [2.45, 2.75) is 0 Å². The molecule has 1 aromatic carbocycles. The standard InChI is InChI=1S/C12H14N4O2/c1-17-8-3-4-10(18-2)9(5-8)16-12-6-11(13)14-7-15-12/h3-7H,1-2H3,(H3,13,14,15,16). The molecule has 0 saturated heterocycles. The van der Waals surface area contributed by atoms with Crippen molar-refractivity contribution in [3.63, 3.8) is 0 Å². The normalized spacial score (nSPS) is 9.89. The second-order valence-corrected chi connectivity index (χ2v) is 3.52. The molecule has 0 amide bonds. The molecule has 94 valence electrons. The number of aromatic nitrogens is 2. The van der Waals surface area contributed by atoms with Crippen LogP contribution in [-0.4, -0.2) is 24.2 Å². The van der Waals surface area contributed by atoms with Gasteiger partial charge < -0.3 is 20.5 Å². The van der Waals surface area contributed by atoms with E-state index in [0.29, 0.717) is 17.4 Å². The molecule has 2 aromatic rings. The van der Waals surface area contributed by atoms with Crippen LogP contribution in [0.1, 0.15) is 0 Å². The van der Waals surface area contributed by atoms with Gasteiger partial charge in [-0.05, 0) is 12.1 Å². The van der Waals surface area contributed by atoms with Crippen molar-refractivity contribution in [3.8, 4) is 11.5 Å². The molecule has 0 aliphatic carbocycles. The van der Waals surface area contributed by atoms with E-state index in [1.165, 1.54) is 6.33 Å².